The summed E-state index contributed by atoms with van der Waals surface area (Å²) in [6, 6.07) is 0. The van der Waals surface area contributed by atoms with E-state index >= 15 is 0 Å². The van der Waals surface area contributed by atoms with Gasteiger partial charge in [0.1, 0.15) is 0 Å². The largest absolute Gasteiger partial charge is 0 e. The Bertz CT molecular complexity index is 16.0. The van der Waals surface area contributed by atoms with E-state index < -0.39 is 0 Å². The Balaban J connectivity index is -0.00000000200. The topological polar surface area (TPSA) is 163 Å². The van der Waals surface area contributed by atoms with Crippen molar-refractivity contribution in [1.29, 1.82) is 0 Å². The molecule has 49 valence electrons. The predicted octanol–water partition coefficient (Wildman–Crippen LogP) is -4.74. The summed E-state index contributed by atoms with van der Waals surface area (Å²) in [5, 5.41) is 6.89. The minimum atomic E-state index is -0.250. The number of rotatable bonds is 0. The summed E-state index contributed by atoms with van der Waals surface area (Å²) >= 11 is 0. The van der Waals surface area contributed by atoms with Gasteiger partial charge in [-0.05, 0) is 0 Å². The predicted molar refractivity (Wildman–Crippen MR) is 28.9 cm³/mol. The second kappa shape index (κ2) is 140. The Hall–Kier alpha value is 0.505. The van der Waals surface area contributed by atoms with E-state index in [-0.39, 0.29) is 58.8 Å². The molecule has 0 rings (SSSR count). The van der Waals surface area contributed by atoms with Gasteiger partial charge in [-0.1, -0.05) is 0 Å². The molecule has 0 saturated carbocycles. The minimum absolute atomic E-state index is 0. The van der Waals surface area contributed by atoms with Crippen molar-refractivity contribution in [3.05, 3.63) is 0 Å². The van der Waals surface area contributed by atoms with E-state index in [2.05, 4.69) is 0 Å². The summed E-state index contributed by atoms with van der Waals surface area (Å²) in [6.07, 6.45) is 0. The Morgan fingerprint density at radius 1 is 1.00 bits per heavy atom. The van der Waals surface area contributed by atoms with Gasteiger partial charge >= 0.3 is 17.1 Å². The van der Waals surface area contributed by atoms with Crippen LogP contribution in [0.4, 0.5) is 0 Å². The summed E-state index contributed by atoms with van der Waals surface area (Å²) in [5.74, 6) is 0. The van der Waals surface area contributed by atoms with Crippen LogP contribution in [0.3, 0.4) is 0 Å². The van der Waals surface area contributed by atoms with E-state index in [1.165, 1.54) is 0 Å². The first kappa shape index (κ1) is 76.3. The fourth-order valence-electron chi connectivity index (χ4n) is 0. The van der Waals surface area contributed by atoms with Crippen molar-refractivity contribution >= 4 is 36.9 Å². The molecule has 0 atom stereocenters. The third-order valence-electron chi connectivity index (χ3n) is 0. The maximum absolute atomic E-state index is 8.36. The van der Waals surface area contributed by atoms with Gasteiger partial charge in [0.2, 0.25) is 0 Å². The van der Waals surface area contributed by atoms with Crippen molar-refractivity contribution in [3.63, 3.8) is 0 Å². The molecule has 0 saturated heterocycles. The molecule has 6 nitrogen and oxygen atoms in total. The van der Waals surface area contributed by atoms with E-state index in [1.54, 1.807) is 0 Å². The Morgan fingerprint density at radius 2 is 1.00 bits per heavy atom. The van der Waals surface area contributed by atoms with Crippen LogP contribution in [0.15, 0.2) is 0 Å². The van der Waals surface area contributed by atoms with E-state index in [1.807, 2.05) is 0 Å². The summed E-state index contributed by atoms with van der Waals surface area (Å²) in [6.45, 7) is 0. The van der Waals surface area contributed by atoms with Crippen molar-refractivity contribution in [2.75, 3.05) is 0 Å². The van der Waals surface area contributed by atoms with Gasteiger partial charge in [0, 0.05) is 29.6 Å². The van der Waals surface area contributed by atoms with Crippen LogP contribution in [0.25, 0.3) is 0 Å². The van der Waals surface area contributed by atoms with Crippen LogP contribution >= 0.6 is 0 Å². The summed E-state index contributed by atoms with van der Waals surface area (Å²) < 4.78 is 8.36. The zero-order valence-corrected chi connectivity index (χ0v) is 6.43. The van der Waals surface area contributed by atoms with Crippen molar-refractivity contribution in [2.24, 2.45) is 0 Å². The fraction of sp³-hybridized carbons (Fsp3) is 0. The van der Waals surface area contributed by atoms with Crippen LogP contribution < -0.4 is 0 Å². The first-order valence-electron chi connectivity index (χ1n) is 0.494. The molecule has 8 heavy (non-hydrogen) atoms. The van der Waals surface area contributed by atoms with Crippen LogP contribution in [-0.2, 0) is 4.70 Å². The second-order valence-electron chi connectivity index (χ2n) is 0.105. The van der Waals surface area contributed by atoms with Gasteiger partial charge in [-0.2, -0.15) is 0 Å². The van der Waals surface area contributed by atoms with E-state index in [0.717, 1.165) is 0 Å². The maximum Gasteiger partial charge on any atom is 0 e. The summed E-state index contributed by atoms with van der Waals surface area (Å²) in [5.41, 5.74) is 0. The second-order valence-corrected chi connectivity index (χ2v) is 0.105. The van der Waals surface area contributed by atoms with Crippen molar-refractivity contribution in [3.8, 4) is 0 Å². The molecular formula is H9BNaO6. The average molecular weight is 139 g/mol. The molecule has 0 aromatic rings. The van der Waals surface area contributed by atoms with E-state index in [9.17, 15) is 0 Å². The Labute approximate surface area is 68.7 Å². The zero-order valence-electron chi connectivity index (χ0n) is 4.43. The van der Waals surface area contributed by atoms with E-state index in [0.29, 0.717) is 0 Å². The number of hydrogen-bond donors (Lipinski definition) is 1. The molecule has 0 amide bonds. The van der Waals surface area contributed by atoms with Gasteiger partial charge in [0.05, 0.1) is 0 Å². The van der Waals surface area contributed by atoms with Gasteiger partial charge < -0.3 is 21.9 Å². The van der Waals surface area contributed by atoms with Crippen molar-refractivity contribution in [1.82, 2.24) is 0 Å². The van der Waals surface area contributed by atoms with Crippen molar-refractivity contribution in [2.45, 2.75) is 0 Å². The van der Waals surface area contributed by atoms with E-state index in [4.69, 9.17) is 9.73 Å². The van der Waals surface area contributed by atoms with Crippen LogP contribution in [0.1, 0.15) is 0 Å². The first-order chi connectivity index (χ1) is 1.41. The first-order valence-corrected chi connectivity index (χ1v) is 0.494. The van der Waals surface area contributed by atoms with Crippen LogP contribution in [-0.4, -0.2) is 63.8 Å². The molecule has 9 N–H and O–H groups in total. The minimum Gasteiger partial charge on any atom is 0 e. The van der Waals surface area contributed by atoms with Gasteiger partial charge in [-0.25, -0.2) is 0 Å². The zero-order chi connectivity index (χ0) is 2.71. The molecule has 0 aromatic heterocycles. The molecule has 1 radical (unpaired) electrons. The summed E-state index contributed by atoms with van der Waals surface area (Å²) in [4.78, 5) is 0. The molecule has 0 aliphatic heterocycles. The molecule has 0 aliphatic carbocycles. The van der Waals surface area contributed by atoms with Gasteiger partial charge in [-0.3, -0.25) is 0 Å². The normalized spacial score (nSPS) is 1.00. The van der Waals surface area contributed by atoms with Gasteiger partial charge in [0.15, 0.2) is 0 Å². The van der Waals surface area contributed by atoms with Crippen LogP contribution in [0.5, 0.6) is 0 Å². The molecular weight excluding hydrogens is 130 g/mol. The molecule has 0 unspecified atom stereocenters. The SMILES string of the molecule is O.O.O.O.O=BO.[Na]. The molecule has 0 fully saturated rings. The molecule has 0 aliphatic rings. The smallest absolute Gasteiger partial charge is 0 e. The average Bonchev–Trinajstić information content (AvgIpc) is 0.918. The maximum atomic E-state index is 8.36. The monoisotopic (exact) mass is 139 g/mol. The summed E-state index contributed by atoms with van der Waals surface area (Å²) in [7, 11) is -0.250. The standard InChI is InChI=1S/BHO2.Na.4H2O/c2-1-3;;;;;/h2H;;4*1H2. The Kier molecular flexibility index (Phi) is 1340. The third kappa shape index (κ3) is 773. The van der Waals surface area contributed by atoms with Crippen LogP contribution in [0.2, 0.25) is 0 Å². The third-order valence-corrected chi connectivity index (χ3v) is 0. The molecule has 0 aromatic carbocycles. The van der Waals surface area contributed by atoms with Crippen LogP contribution in [0, 0.1) is 0 Å². The molecule has 0 bridgehead atoms. The van der Waals surface area contributed by atoms with Crippen molar-refractivity contribution < 1.29 is 31.6 Å². The quantitative estimate of drug-likeness (QED) is 0.333. The van der Waals surface area contributed by atoms with Gasteiger partial charge in [-0.15, -0.1) is 0 Å². The Morgan fingerprint density at radius 3 is 1.00 bits per heavy atom. The van der Waals surface area contributed by atoms with Gasteiger partial charge in [0.25, 0.3) is 0 Å². The number of hydrogen-bond acceptors (Lipinski definition) is 1. The molecule has 0 heterocycles. The molecule has 0 spiro atoms. The fourth-order valence-corrected chi connectivity index (χ4v) is 0. The molecule has 8 heteroatoms.